The summed E-state index contributed by atoms with van der Waals surface area (Å²) in [5.41, 5.74) is 0. The first-order valence-corrected chi connectivity index (χ1v) is 4.70. The Morgan fingerprint density at radius 1 is 1.71 bits per heavy atom. The summed E-state index contributed by atoms with van der Waals surface area (Å²) in [5.74, 6) is -0.381. The number of rotatable bonds is 3. The van der Waals surface area contributed by atoms with Crippen molar-refractivity contribution in [2.75, 3.05) is 21.2 Å². The highest BCUT2D eigenvalue weighted by Crippen LogP contribution is 2.20. The number of nitrogens with zero attached hydrogens (tertiary/aromatic N) is 3. The summed E-state index contributed by atoms with van der Waals surface area (Å²) in [5, 5.41) is 0.541. The fourth-order valence-corrected chi connectivity index (χ4v) is 1.36. The largest absolute Gasteiger partial charge is 0.465 e. The van der Waals surface area contributed by atoms with Gasteiger partial charge in [0.1, 0.15) is 4.88 Å². The van der Waals surface area contributed by atoms with Gasteiger partial charge in [0.15, 0.2) is 0 Å². The van der Waals surface area contributed by atoms with Gasteiger partial charge in [-0.15, -0.1) is 0 Å². The third-order valence-corrected chi connectivity index (χ3v) is 2.16. The maximum Gasteiger partial charge on any atom is 0.349 e. The van der Waals surface area contributed by atoms with Crippen LogP contribution in [0.2, 0.25) is 0 Å². The van der Waals surface area contributed by atoms with Gasteiger partial charge in [-0.3, -0.25) is 0 Å². The van der Waals surface area contributed by atoms with Gasteiger partial charge in [0.05, 0.1) is 19.6 Å². The van der Waals surface area contributed by atoms with Crippen molar-refractivity contribution in [1.29, 1.82) is 0 Å². The second kappa shape index (κ2) is 4.71. The summed E-state index contributed by atoms with van der Waals surface area (Å²) < 4.78 is 4.54. The van der Waals surface area contributed by atoms with E-state index in [9.17, 15) is 4.79 Å². The average Bonchev–Trinajstić information content (AvgIpc) is 2.62. The van der Waals surface area contributed by atoms with Gasteiger partial charge in [0, 0.05) is 14.1 Å². The Balaban J connectivity index is 2.73. The van der Waals surface area contributed by atoms with E-state index in [1.54, 1.807) is 11.2 Å². The van der Waals surface area contributed by atoms with Gasteiger partial charge in [-0.1, -0.05) is 11.3 Å². The van der Waals surface area contributed by atoms with E-state index in [1.165, 1.54) is 24.6 Å². The fourth-order valence-electron chi connectivity index (χ4n) is 0.684. The minimum Gasteiger partial charge on any atom is -0.465 e. The molecule has 0 saturated heterocycles. The number of esters is 1. The molecular weight excluding hydrogens is 202 g/mol. The van der Waals surface area contributed by atoms with Crippen LogP contribution in [0.4, 0.5) is 5.13 Å². The van der Waals surface area contributed by atoms with Crippen LogP contribution >= 0.6 is 11.3 Å². The monoisotopic (exact) mass is 213 g/mol. The standard InChI is InChI=1S/C8H11N3O2S/c1-11(2)5-10-8-9-4-6(14-8)7(12)13-3/h4-5H,1-3H3/b10-5-. The molecule has 0 aliphatic heterocycles. The van der Waals surface area contributed by atoms with E-state index >= 15 is 0 Å². The zero-order chi connectivity index (χ0) is 10.6. The molecule has 14 heavy (non-hydrogen) atoms. The van der Waals surface area contributed by atoms with E-state index in [-0.39, 0.29) is 5.97 Å². The Bertz CT molecular complexity index is 346. The molecule has 0 unspecified atom stereocenters. The molecule has 0 atom stereocenters. The van der Waals surface area contributed by atoms with Crippen molar-refractivity contribution in [2.45, 2.75) is 0 Å². The summed E-state index contributed by atoms with van der Waals surface area (Å²) in [6, 6.07) is 0. The van der Waals surface area contributed by atoms with Gasteiger partial charge in [0.2, 0.25) is 5.13 Å². The van der Waals surface area contributed by atoms with Gasteiger partial charge < -0.3 is 9.64 Å². The molecule has 0 aliphatic rings. The van der Waals surface area contributed by atoms with Crippen molar-refractivity contribution < 1.29 is 9.53 Å². The lowest BCUT2D eigenvalue weighted by atomic mass is 10.6. The van der Waals surface area contributed by atoms with Crippen LogP contribution in [0.1, 0.15) is 9.67 Å². The molecule has 0 saturated carbocycles. The summed E-state index contributed by atoms with van der Waals surface area (Å²) in [6.07, 6.45) is 3.08. The van der Waals surface area contributed by atoms with Crippen molar-refractivity contribution in [3.8, 4) is 0 Å². The predicted octanol–water partition coefficient (Wildman–Crippen LogP) is 1.15. The summed E-state index contributed by atoms with van der Waals surface area (Å²) in [6.45, 7) is 0. The van der Waals surface area contributed by atoms with Gasteiger partial charge >= 0.3 is 5.97 Å². The van der Waals surface area contributed by atoms with Crippen molar-refractivity contribution in [1.82, 2.24) is 9.88 Å². The number of aromatic nitrogens is 1. The lowest BCUT2D eigenvalue weighted by Crippen LogP contribution is -2.06. The van der Waals surface area contributed by atoms with Crippen LogP contribution in [0, 0.1) is 0 Å². The molecule has 1 rings (SSSR count). The van der Waals surface area contributed by atoms with Crippen LogP contribution in [-0.4, -0.2) is 43.4 Å². The van der Waals surface area contributed by atoms with Crippen LogP contribution in [0.15, 0.2) is 11.2 Å². The quantitative estimate of drug-likeness (QED) is 0.429. The van der Waals surface area contributed by atoms with Crippen molar-refractivity contribution in [2.24, 2.45) is 4.99 Å². The molecule has 6 heteroatoms. The minimum atomic E-state index is -0.381. The van der Waals surface area contributed by atoms with E-state index in [1.807, 2.05) is 14.1 Å². The zero-order valence-corrected chi connectivity index (χ0v) is 9.04. The van der Waals surface area contributed by atoms with Crippen LogP contribution < -0.4 is 0 Å². The smallest absolute Gasteiger partial charge is 0.349 e. The zero-order valence-electron chi connectivity index (χ0n) is 8.22. The fraction of sp³-hybridized carbons (Fsp3) is 0.375. The van der Waals surface area contributed by atoms with Gasteiger partial charge in [-0.25, -0.2) is 14.8 Å². The Kier molecular flexibility index (Phi) is 3.58. The van der Waals surface area contributed by atoms with Gasteiger partial charge in [-0.05, 0) is 0 Å². The molecule has 1 heterocycles. The second-order valence-corrected chi connectivity index (χ2v) is 3.72. The Morgan fingerprint density at radius 3 is 3.00 bits per heavy atom. The molecule has 76 valence electrons. The Labute approximate surface area is 86.0 Å². The molecule has 0 aliphatic carbocycles. The molecule has 0 bridgehead atoms. The summed E-state index contributed by atoms with van der Waals surface area (Å²) >= 11 is 1.20. The van der Waals surface area contributed by atoms with E-state index in [0.717, 1.165) is 0 Å². The molecule has 0 aromatic carbocycles. The number of carbonyl (C=O) groups is 1. The van der Waals surface area contributed by atoms with Crippen LogP contribution in [0.5, 0.6) is 0 Å². The first-order chi connectivity index (χ1) is 6.63. The van der Waals surface area contributed by atoms with E-state index in [0.29, 0.717) is 10.0 Å². The van der Waals surface area contributed by atoms with E-state index in [2.05, 4.69) is 14.7 Å². The first-order valence-electron chi connectivity index (χ1n) is 3.88. The lowest BCUT2D eigenvalue weighted by molar-refractivity contribution is 0.0606. The van der Waals surface area contributed by atoms with Crippen molar-refractivity contribution >= 4 is 28.8 Å². The Hall–Kier alpha value is -1.43. The maximum absolute atomic E-state index is 11.1. The summed E-state index contributed by atoms with van der Waals surface area (Å²) in [4.78, 5) is 21.3. The van der Waals surface area contributed by atoms with Crippen LogP contribution in [0.3, 0.4) is 0 Å². The number of ether oxygens (including phenoxy) is 1. The third kappa shape index (κ3) is 2.81. The highest BCUT2D eigenvalue weighted by atomic mass is 32.1. The highest BCUT2D eigenvalue weighted by Gasteiger charge is 2.09. The number of carbonyl (C=O) groups excluding carboxylic acids is 1. The first kappa shape index (κ1) is 10.6. The molecule has 0 fully saturated rings. The van der Waals surface area contributed by atoms with Crippen LogP contribution in [0.25, 0.3) is 0 Å². The minimum absolute atomic E-state index is 0.381. The predicted molar refractivity (Wildman–Crippen MR) is 55.3 cm³/mol. The highest BCUT2D eigenvalue weighted by molar-refractivity contribution is 7.17. The maximum atomic E-state index is 11.1. The molecule has 1 aromatic rings. The van der Waals surface area contributed by atoms with Gasteiger partial charge in [0.25, 0.3) is 0 Å². The van der Waals surface area contributed by atoms with Crippen molar-refractivity contribution in [3.05, 3.63) is 11.1 Å². The van der Waals surface area contributed by atoms with E-state index in [4.69, 9.17) is 0 Å². The van der Waals surface area contributed by atoms with Gasteiger partial charge in [-0.2, -0.15) is 0 Å². The number of hydrogen-bond donors (Lipinski definition) is 0. The number of aliphatic imine (C=N–C) groups is 1. The average molecular weight is 213 g/mol. The molecule has 0 radical (unpaired) electrons. The number of methoxy groups -OCH3 is 1. The summed E-state index contributed by atoms with van der Waals surface area (Å²) in [7, 11) is 5.06. The molecule has 0 amide bonds. The molecule has 5 nitrogen and oxygen atoms in total. The third-order valence-electron chi connectivity index (χ3n) is 1.28. The SMILES string of the molecule is COC(=O)c1cnc(/N=C\N(C)C)s1. The van der Waals surface area contributed by atoms with E-state index < -0.39 is 0 Å². The van der Waals surface area contributed by atoms with Crippen LogP contribution in [-0.2, 0) is 4.74 Å². The molecule has 1 aromatic heterocycles. The second-order valence-electron chi connectivity index (χ2n) is 2.71. The number of hydrogen-bond acceptors (Lipinski definition) is 5. The normalized spacial score (nSPS) is 10.5. The number of thiazole rings is 1. The Morgan fingerprint density at radius 2 is 2.43 bits per heavy atom. The molecule has 0 spiro atoms. The lowest BCUT2D eigenvalue weighted by Gasteiger charge is -1.99. The molecule has 0 N–H and O–H groups in total. The topological polar surface area (TPSA) is 54.8 Å². The van der Waals surface area contributed by atoms with Crippen molar-refractivity contribution in [3.63, 3.8) is 0 Å². The molecular formula is C8H11N3O2S.